The SMILES string of the molecule is CCS(=O)(=O)c1ccc(CC(C)NC(C)C)cc1. The second-order valence-electron chi connectivity index (χ2n) is 4.97. The fraction of sp³-hybridized carbons (Fsp3) is 0.571. The van der Waals surface area contributed by atoms with Gasteiger partial charge in [0, 0.05) is 12.1 Å². The Morgan fingerprint density at radius 2 is 1.67 bits per heavy atom. The van der Waals surface area contributed by atoms with Crippen LogP contribution in [0.15, 0.2) is 29.2 Å². The van der Waals surface area contributed by atoms with Crippen molar-refractivity contribution in [3.63, 3.8) is 0 Å². The third-order valence-electron chi connectivity index (χ3n) is 2.82. The van der Waals surface area contributed by atoms with Crippen molar-refractivity contribution in [2.75, 3.05) is 5.75 Å². The van der Waals surface area contributed by atoms with Crippen LogP contribution in [0.2, 0.25) is 0 Å². The van der Waals surface area contributed by atoms with E-state index in [2.05, 4.69) is 26.1 Å². The minimum absolute atomic E-state index is 0.150. The minimum Gasteiger partial charge on any atom is -0.312 e. The topological polar surface area (TPSA) is 46.2 Å². The van der Waals surface area contributed by atoms with Crippen LogP contribution < -0.4 is 5.32 Å². The van der Waals surface area contributed by atoms with E-state index in [1.165, 1.54) is 0 Å². The summed E-state index contributed by atoms with van der Waals surface area (Å²) in [6.45, 7) is 8.04. The maximum atomic E-state index is 11.7. The van der Waals surface area contributed by atoms with Crippen LogP contribution in [-0.4, -0.2) is 26.3 Å². The van der Waals surface area contributed by atoms with E-state index in [4.69, 9.17) is 0 Å². The Kier molecular flexibility index (Phi) is 5.35. The number of hydrogen-bond donors (Lipinski definition) is 1. The fourth-order valence-corrected chi connectivity index (χ4v) is 2.87. The lowest BCUT2D eigenvalue weighted by molar-refractivity contribution is 0.487. The van der Waals surface area contributed by atoms with Crippen molar-refractivity contribution >= 4 is 9.84 Å². The summed E-state index contributed by atoms with van der Waals surface area (Å²) in [4.78, 5) is 0.415. The van der Waals surface area contributed by atoms with Gasteiger partial charge < -0.3 is 5.32 Å². The molecule has 0 saturated heterocycles. The Morgan fingerprint density at radius 3 is 2.11 bits per heavy atom. The van der Waals surface area contributed by atoms with Gasteiger partial charge >= 0.3 is 0 Å². The van der Waals surface area contributed by atoms with Gasteiger partial charge in [0.15, 0.2) is 9.84 Å². The summed E-state index contributed by atoms with van der Waals surface area (Å²) >= 11 is 0. The molecule has 1 aromatic rings. The summed E-state index contributed by atoms with van der Waals surface area (Å²) in [5, 5.41) is 3.43. The normalized spacial score (nSPS) is 13.8. The van der Waals surface area contributed by atoms with Crippen LogP contribution in [0.4, 0.5) is 0 Å². The van der Waals surface area contributed by atoms with Crippen molar-refractivity contribution < 1.29 is 8.42 Å². The van der Waals surface area contributed by atoms with Gasteiger partial charge in [-0.1, -0.05) is 32.9 Å². The molecule has 1 rings (SSSR count). The molecular weight excluding hydrogens is 246 g/mol. The summed E-state index contributed by atoms with van der Waals surface area (Å²) in [5.41, 5.74) is 1.16. The van der Waals surface area contributed by atoms with E-state index in [9.17, 15) is 8.42 Å². The molecule has 0 aromatic heterocycles. The second kappa shape index (κ2) is 6.34. The summed E-state index contributed by atoms with van der Waals surface area (Å²) in [6, 6.07) is 8.06. The van der Waals surface area contributed by atoms with Crippen molar-refractivity contribution in [2.45, 2.75) is 51.1 Å². The van der Waals surface area contributed by atoms with Gasteiger partial charge in [-0.2, -0.15) is 0 Å². The lowest BCUT2D eigenvalue weighted by Gasteiger charge is -2.16. The van der Waals surface area contributed by atoms with Gasteiger partial charge in [-0.15, -0.1) is 0 Å². The molecular formula is C14H23NO2S. The smallest absolute Gasteiger partial charge is 0.178 e. The quantitative estimate of drug-likeness (QED) is 0.862. The lowest BCUT2D eigenvalue weighted by atomic mass is 10.1. The molecule has 18 heavy (non-hydrogen) atoms. The van der Waals surface area contributed by atoms with E-state index in [0.717, 1.165) is 12.0 Å². The molecule has 0 amide bonds. The number of nitrogens with one attached hydrogen (secondary N) is 1. The zero-order chi connectivity index (χ0) is 13.8. The Hall–Kier alpha value is -0.870. The van der Waals surface area contributed by atoms with E-state index < -0.39 is 9.84 Å². The predicted molar refractivity (Wildman–Crippen MR) is 75.6 cm³/mol. The molecule has 0 bridgehead atoms. The number of hydrogen-bond acceptors (Lipinski definition) is 3. The molecule has 1 aromatic carbocycles. The van der Waals surface area contributed by atoms with Crippen LogP contribution in [0.25, 0.3) is 0 Å². The molecule has 0 aliphatic heterocycles. The van der Waals surface area contributed by atoms with E-state index >= 15 is 0 Å². The summed E-state index contributed by atoms with van der Waals surface area (Å²) in [7, 11) is -3.08. The monoisotopic (exact) mass is 269 g/mol. The van der Waals surface area contributed by atoms with Crippen LogP contribution in [0, 0.1) is 0 Å². The third-order valence-corrected chi connectivity index (χ3v) is 4.57. The minimum atomic E-state index is -3.08. The highest BCUT2D eigenvalue weighted by molar-refractivity contribution is 7.91. The standard InChI is InChI=1S/C14H23NO2S/c1-5-18(16,17)14-8-6-13(7-9-14)10-12(4)15-11(2)3/h6-9,11-12,15H,5,10H2,1-4H3. The first-order chi connectivity index (χ1) is 8.35. The number of sulfone groups is 1. The molecule has 1 atom stereocenters. The molecule has 0 radical (unpaired) electrons. The van der Waals surface area contributed by atoms with Crippen molar-refractivity contribution in [1.29, 1.82) is 0 Å². The van der Waals surface area contributed by atoms with Gasteiger partial charge in [0.25, 0.3) is 0 Å². The van der Waals surface area contributed by atoms with Crippen LogP contribution in [0.1, 0.15) is 33.3 Å². The first-order valence-corrected chi connectivity index (χ1v) is 8.08. The van der Waals surface area contributed by atoms with Crippen LogP contribution >= 0.6 is 0 Å². The first kappa shape index (κ1) is 15.2. The highest BCUT2D eigenvalue weighted by Crippen LogP contribution is 2.13. The van der Waals surface area contributed by atoms with Gasteiger partial charge in [-0.05, 0) is 31.0 Å². The van der Waals surface area contributed by atoms with Crippen LogP contribution in [0.5, 0.6) is 0 Å². The summed E-state index contributed by atoms with van der Waals surface area (Å²) in [5.74, 6) is 0.150. The van der Waals surface area contributed by atoms with E-state index in [0.29, 0.717) is 17.0 Å². The molecule has 0 spiro atoms. The Morgan fingerprint density at radius 1 is 1.11 bits per heavy atom. The highest BCUT2D eigenvalue weighted by Gasteiger charge is 2.11. The lowest BCUT2D eigenvalue weighted by Crippen LogP contribution is -2.33. The molecule has 0 saturated carbocycles. The Bertz CT molecular complexity index is 463. The predicted octanol–water partition coefficient (Wildman–Crippen LogP) is 2.41. The van der Waals surface area contributed by atoms with Gasteiger partial charge in [0.2, 0.25) is 0 Å². The zero-order valence-electron chi connectivity index (χ0n) is 11.6. The molecule has 3 nitrogen and oxygen atoms in total. The van der Waals surface area contributed by atoms with Crippen LogP contribution in [-0.2, 0) is 16.3 Å². The van der Waals surface area contributed by atoms with Gasteiger partial charge in [-0.25, -0.2) is 8.42 Å². The molecule has 1 N–H and O–H groups in total. The molecule has 0 aliphatic rings. The van der Waals surface area contributed by atoms with Crippen molar-refractivity contribution in [3.8, 4) is 0 Å². The fourth-order valence-electron chi connectivity index (χ4n) is 1.98. The maximum Gasteiger partial charge on any atom is 0.178 e. The van der Waals surface area contributed by atoms with Gasteiger partial charge in [0.1, 0.15) is 0 Å². The van der Waals surface area contributed by atoms with E-state index in [1.807, 2.05) is 12.1 Å². The van der Waals surface area contributed by atoms with E-state index in [-0.39, 0.29) is 5.75 Å². The molecule has 1 unspecified atom stereocenters. The van der Waals surface area contributed by atoms with Crippen molar-refractivity contribution in [3.05, 3.63) is 29.8 Å². The Balaban J connectivity index is 2.72. The third kappa shape index (κ3) is 4.42. The van der Waals surface area contributed by atoms with Crippen LogP contribution in [0.3, 0.4) is 0 Å². The maximum absolute atomic E-state index is 11.7. The molecule has 0 fully saturated rings. The molecule has 0 aliphatic carbocycles. The second-order valence-corrected chi connectivity index (χ2v) is 7.25. The van der Waals surface area contributed by atoms with Gasteiger partial charge in [0.05, 0.1) is 10.6 Å². The number of rotatable bonds is 6. The molecule has 102 valence electrons. The molecule has 4 heteroatoms. The van der Waals surface area contributed by atoms with E-state index in [1.54, 1.807) is 19.1 Å². The first-order valence-electron chi connectivity index (χ1n) is 6.43. The summed E-state index contributed by atoms with van der Waals surface area (Å²) in [6.07, 6.45) is 0.907. The highest BCUT2D eigenvalue weighted by atomic mass is 32.2. The van der Waals surface area contributed by atoms with Crippen molar-refractivity contribution in [2.24, 2.45) is 0 Å². The Labute approximate surface area is 111 Å². The largest absolute Gasteiger partial charge is 0.312 e. The van der Waals surface area contributed by atoms with Crippen molar-refractivity contribution in [1.82, 2.24) is 5.32 Å². The average molecular weight is 269 g/mol. The summed E-state index contributed by atoms with van der Waals surface area (Å²) < 4.78 is 23.3. The molecule has 0 heterocycles. The average Bonchev–Trinajstić information content (AvgIpc) is 2.28. The van der Waals surface area contributed by atoms with Gasteiger partial charge in [-0.3, -0.25) is 0 Å². The zero-order valence-corrected chi connectivity index (χ0v) is 12.4. The number of benzene rings is 1.